The van der Waals surface area contributed by atoms with Crippen LogP contribution in [-0.4, -0.2) is 45.6 Å². The average molecular weight is 357 g/mol. The summed E-state index contributed by atoms with van der Waals surface area (Å²) < 4.78 is 26.1. The van der Waals surface area contributed by atoms with Crippen LogP contribution in [0.4, 0.5) is 18.7 Å². The van der Waals surface area contributed by atoms with Gasteiger partial charge in [-0.05, 0) is 24.6 Å². The van der Waals surface area contributed by atoms with Gasteiger partial charge in [0, 0.05) is 13.0 Å². The van der Waals surface area contributed by atoms with E-state index in [1.54, 1.807) is 6.92 Å². The van der Waals surface area contributed by atoms with Gasteiger partial charge in [-0.1, -0.05) is 17.4 Å². The first kappa shape index (κ1) is 18.2. The fraction of sp³-hybridized carbons (Fsp3) is 0.357. The summed E-state index contributed by atoms with van der Waals surface area (Å²) in [6, 6.07) is 3.14. The van der Waals surface area contributed by atoms with Crippen LogP contribution in [0.25, 0.3) is 0 Å². The number of aromatic nitrogens is 2. The molecule has 2 aromatic rings. The average Bonchev–Trinajstić information content (AvgIpc) is 2.95. The number of amides is 2. The zero-order valence-electron chi connectivity index (χ0n) is 12.9. The Morgan fingerprint density at radius 2 is 2.17 bits per heavy atom. The molecule has 0 unspecified atom stereocenters. The smallest absolute Gasteiger partial charge is 0.323 e. The van der Waals surface area contributed by atoms with E-state index in [-0.39, 0.29) is 18.1 Å². The Hall–Kier alpha value is -2.17. The molecule has 10 heteroatoms. The van der Waals surface area contributed by atoms with Gasteiger partial charge in [0.05, 0.1) is 6.54 Å². The quantitative estimate of drug-likeness (QED) is 0.680. The van der Waals surface area contributed by atoms with Gasteiger partial charge in [0.15, 0.2) is 11.6 Å². The topological polar surface area (TPSA) is 104 Å². The Bertz CT molecular complexity index is 710. The van der Waals surface area contributed by atoms with Crippen molar-refractivity contribution in [3.8, 4) is 0 Å². The Morgan fingerprint density at radius 3 is 2.79 bits per heavy atom. The van der Waals surface area contributed by atoms with Gasteiger partial charge in [-0.25, -0.2) is 13.6 Å². The van der Waals surface area contributed by atoms with E-state index in [0.29, 0.717) is 17.1 Å². The highest BCUT2D eigenvalue weighted by Crippen LogP contribution is 2.20. The van der Waals surface area contributed by atoms with Crippen LogP contribution >= 0.6 is 11.3 Å². The largest absolute Gasteiger partial charge is 0.377 e. The number of aliphatic hydroxyl groups excluding tert-OH is 1. The number of halogens is 2. The SMILES string of the molecule is CCN(C[C@H](N)O)C(=O)Nc1nnc(Cc2ccc(F)c(F)c2)s1. The number of benzene rings is 1. The number of carbonyl (C=O) groups excluding carboxylic acids is 1. The second kappa shape index (κ2) is 8.08. The number of aliphatic hydroxyl groups is 1. The summed E-state index contributed by atoms with van der Waals surface area (Å²) in [5, 5.41) is 20.3. The van der Waals surface area contributed by atoms with E-state index >= 15 is 0 Å². The van der Waals surface area contributed by atoms with Crippen molar-refractivity contribution in [1.29, 1.82) is 0 Å². The molecule has 1 heterocycles. The molecule has 0 aliphatic carbocycles. The molecule has 1 atom stereocenters. The molecule has 0 radical (unpaired) electrons. The van der Waals surface area contributed by atoms with Crippen molar-refractivity contribution in [3.05, 3.63) is 40.4 Å². The van der Waals surface area contributed by atoms with Gasteiger partial charge in [0.2, 0.25) is 5.13 Å². The number of hydrogen-bond acceptors (Lipinski definition) is 6. The summed E-state index contributed by atoms with van der Waals surface area (Å²) in [5.74, 6) is -1.84. The molecule has 0 aliphatic heterocycles. The van der Waals surface area contributed by atoms with Crippen LogP contribution in [0.15, 0.2) is 18.2 Å². The summed E-state index contributed by atoms with van der Waals surface area (Å²) >= 11 is 1.12. The minimum atomic E-state index is -1.13. The maximum Gasteiger partial charge on any atom is 0.323 e. The van der Waals surface area contributed by atoms with Crippen molar-refractivity contribution in [2.45, 2.75) is 19.6 Å². The van der Waals surface area contributed by atoms with Gasteiger partial charge >= 0.3 is 6.03 Å². The van der Waals surface area contributed by atoms with Crippen LogP contribution in [0.2, 0.25) is 0 Å². The Kier molecular flexibility index (Phi) is 6.12. The van der Waals surface area contributed by atoms with Crippen molar-refractivity contribution >= 4 is 22.5 Å². The van der Waals surface area contributed by atoms with Crippen molar-refractivity contribution in [1.82, 2.24) is 15.1 Å². The number of carbonyl (C=O) groups is 1. The number of nitrogens with one attached hydrogen (secondary N) is 1. The molecule has 7 nitrogen and oxygen atoms in total. The zero-order chi connectivity index (χ0) is 17.7. The number of anilines is 1. The molecular weight excluding hydrogens is 340 g/mol. The first-order valence-electron chi connectivity index (χ1n) is 7.15. The Balaban J connectivity index is 1.99. The molecule has 0 bridgehead atoms. The van der Waals surface area contributed by atoms with Crippen molar-refractivity contribution in [3.63, 3.8) is 0 Å². The van der Waals surface area contributed by atoms with Crippen LogP contribution in [-0.2, 0) is 6.42 Å². The first-order valence-corrected chi connectivity index (χ1v) is 7.96. The number of hydrogen-bond donors (Lipinski definition) is 3. The van der Waals surface area contributed by atoms with Gasteiger partial charge < -0.3 is 15.7 Å². The number of rotatable bonds is 6. The van der Waals surface area contributed by atoms with E-state index in [2.05, 4.69) is 15.5 Å². The monoisotopic (exact) mass is 357 g/mol. The van der Waals surface area contributed by atoms with Crippen molar-refractivity contribution < 1.29 is 18.7 Å². The van der Waals surface area contributed by atoms with Gasteiger partial charge in [-0.2, -0.15) is 0 Å². The molecule has 4 N–H and O–H groups in total. The molecule has 0 saturated heterocycles. The lowest BCUT2D eigenvalue weighted by molar-refractivity contribution is 0.132. The molecule has 24 heavy (non-hydrogen) atoms. The molecule has 2 rings (SSSR count). The number of nitrogens with zero attached hydrogens (tertiary/aromatic N) is 3. The summed E-state index contributed by atoms with van der Waals surface area (Å²) in [6.07, 6.45) is -0.863. The normalized spacial score (nSPS) is 12.0. The molecule has 1 aromatic carbocycles. The van der Waals surface area contributed by atoms with E-state index in [4.69, 9.17) is 10.8 Å². The summed E-state index contributed by atoms with van der Waals surface area (Å²) in [7, 11) is 0. The first-order chi connectivity index (χ1) is 11.4. The molecule has 1 aromatic heterocycles. The van der Waals surface area contributed by atoms with Gasteiger partial charge in [-0.3, -0.25) is 5.32 Å². The third-order valence-electron chi connectivity index (χ3n) is 3.10. The lowest BCUT2D eigenvalue weighted by atomic mass is 10.1. The van der Waals surface area contributed by atoms with Crippen LogP contribution in [0, 0.1) is 11.6 Å². The minimum Gasteiger partial charge on any atom is -0.377 e. The maximum atomic E-state index is 13.2. The number of nitrogens with two attached hydrogens (primary N) is 1. The highest BCUT2D eigenvalue weighted by atomic mass is 32.1. The van der Waals surface area contributed by atoms with Crippen molar-refractivity contribution in [2.24, 2.45) is 5.73 Å². The molecule has 2 amide bonds. The Morgan fingerprint density at radius 1 is 1.42 bits per heavy atom. The molecule has 130 valence electrons. The van der Waals surface area contributed by atoms with E-state index in [1.807, 2.05) is 0 Å². The van der Waals surface area contributed by atoms with Gasteiger partial charge in [0.25, 0.3) is 0 Å². The molecule has 0 spiro atoms. The van der Waals surface area contributed by atoms with E-state index in [1.165, 1.54) is 11.0 Å². The van der Waals surface area contributed by atoms with E-state index in [9.17, 15) is 13.6 Å². The fourth-order valence-corrected chi connectivity index (χ4v) is 2.72. The highest BCUT2D eigenvalue weighted by Gasteiger charge is 2.16. The summed E-state index contributed by atoms with van der Waals surface area (Å²) in [4.78, 5) is 13.3. The molecule has 0 aliphatic rings. The summed E-state index contributed by atoms with van der Waals surface area (Å²) in [6.45, 7) is 2.10. The minimum absolute atomic E-state index is 0.0111. The molecule has 0 fully saturated rings. The van der Waals surface area contributed by atoms with Gasteiger partial charge in [0.1, 0.15) is 11.2 Å². The highest BCUT2D eigenvalue weighted by molar-refractivity contribution is 7.15. The van der Waals surface area contributed by atoms with E-state index < -0.39 is 23.9 Å². The third kappa shape index (κ3) is 4.91. The third-order valence-corrected chi connectivity index (χ3v) is 3.94. The standard InChI is InChI=1S/C14H17F2N5O2S/c1-2-21(7-11(17)22)14(23)18-13-20-19-12(24-13)6-8-3-4-9(15)10(16)5-8/h3-5,11,22H,2,6-7,17H2,1H3,(H,18,20,23)/t11-/m1/s1. The second-order valence-electron chi connectivity index (χ2n) is 4.96. The molecule has 0 saturated carbocycles. The predicted molar refractivity (Wildman–Crippen MR) is 85.5 cm³/mol. The zero-order valence-corrected chi connectivity index (χ0v) is 13.7. The number of likely N-dealkylation sites (N-methyl/N-ethyl adjacent to an activating group) is 1. The molecular formula is C14H17F2N5O2S. The lowest BCUT2D eigenvalue weighted by Gasteiger charge is -2.21. The fourth-order valence-electron chi connectivity index (χ4n) is 1.95. The summed E-state index contributed by atoms with van der Waals surface area (Å²) in [5.41, 5.74) is 5.81. The van der Waals surface area contributed by atoms with E-state index in [0.717, 1.165) is 23.5 Å². The van der Waals surface area contributed by atoms with Crippen LogP contribution in [0.5, 0.6) is 0 Å². The van der Waals surface area contributed by atoms with Crippen LogP contribution in [0.3, 0.4) is 0 Å². The van der Waals surface area contributed by atoms with Gasteiger partial charge in [-0.15, -0.1) is 10.2 Å². The number of urea groups is 1. The van der Waals surface area contributed by atoms with Crippen molar-refractivity contribution in [2.75, 3.05) is 18.4 Å². The lowest BCUT2D eigenvalue weighted by Crippen LogP contribution is -2.43. The second-order valence-corrected chi connectivity index (χ2v) is 6.02. The van der Waals surface area contributed by atoms with Crippen LogP contribution < -0.4 is 11.1 Å². The van der Waals surface area contributed by atoms with Crippen LogP contribution in [0.1, 0.15) is 17.5 Å². The maximum absolute atomic E-state index is 13.2. The Labute approximate surface area is 141 Å². The predicted octanol–water partition coefficient (Wildman–Crippen LogP) is 1.54.